The lowest BCUT2D eigenvalue weighted by molar-refractivity contribution is -0.148. The van der Waals surface area contributed by atoms with Gasteiger partial charge in [-0.1, -0.05) is 60.7 Å². The summed E-state index contributed by atoms with van der Waals surface area (Å²) in [4.78, 5) is 113. The normalized spacial score (nSPS) is 16.7. The van der Waals surface area contributed by atoms with E-state index in [1.165, 1.54) is 25.2 Å². The monoisotopic (exact) mass is 879 g/mol. The molecule has 1 aromatic heterocycles. The van der Waals surface area contributed by atoms with Crippen LogP contribution in [-0.2, 0) is 55.5 Å². The van der Waals surface area contributed by atoms with Crippen LogP contribution in [0, 0.1) is 0 Å². The Hall–Kier alpha value is -5.72. The third kappa shape index (κ3) is 12.9. The summed E-state index contributed by atoms with van der Waals surface area (Å²) in [7, 11) is -5.23. The predicted molar refractivity (Wildman–Crippen MR) is 226 cm³/mol. The van der Waals surface area contributed by atoms with Gasteiger partial charge in [-0.15, -0.1) is 11.3 Å². The fourth-order valence-corrected chi connectivity index (χ4v) is 8.88. The van der Waals surface area contributed by atoms with Gasteiger partial charge in [0.05, 0.1) is 6.10 Å². The zero-order valence-electron chi connectivity index (χ0n) is 33.6. The molecule has 1 aliphatic heterocycles. The molecule has 326 valence electrons. The van der Waals surface area contributed by atoms with Crippen molar-refractivity contribution in [3.63, 3.8) is 0 Å². The fourth-order valence-electron chi connectivity index (χ4n) is 7.35. The SMILES string of the molecule is CC(=O)NC(Cc1csc2ccccc12)C(=O)NC(C(=O)N1CCCCC1C(=O)NC(Cc1ccc2ccccc2c1)C(=O)NC(CCC(N)=O)C(N)=O)C(C)OP(=O)(O)O. The number of rotatable bonds is 19. The molecule has 0 saturated carbocycles. The van der Waals surface area contributed by atoms with E-state index in [0.717, 1.165) is 31.3 Å². The molecule has 5 rings (SSSR count). The van der Waals surface area contributed by atoms with E-state index in [2.05, 4.69) is 21.3 Å². The number of fused-ring (bicyclic) bond motifs is 2. The number of carbonyl (C=O) groups is 7. The molecule has 2 heterocycles. The van der Waals surface area contributed by atoms with Crippen LogP contribution in [-0.4, -0.2) is 98.9 Å². The van der Waals surface area contributed by atoms with Gasteiger partial charge in [0.25, 0.3) is 0 Å². The fraction of sp³-hybridized carbons (Fsp3) is 0.390. The predicted octanol–water partition coefficient (Wildman–Crippen LogP) is 1.43. The van der Waals surface area contributed by atoms with E-state index in [1.54, 1.807) is 6.07 Å². The highest BCUT2D eigenvalue weighted by Crippen LogP contribution is 2.38. The number of benzene rings is 3. The highest BCUT2D eigenvalue weighted by molar-refractivity contribution is 7.46. The molecule has 61 heavy (non-hydrogen) atoms. The number of hydrogen-bond donors (Lipinski definition) is 8. The van der Waals surface area contributed by atoms with Crippen molar-refractivity contribution in [2.24, 2.45) is 11.5 Å². The van der Waals surface area contributed by atoms with Gasteiger partial charge in [0, 0.05) is 37.4 Å². The summed E-state index contributed by atoms with van der Waals surface area (Å²) in [6, 6.07) is 13.5. The van der Waals surface area contributed by atoms with Gasteiger partial charge in [0.1, 0.15) is 30.2 Å². The van der Waals surface area contributed by atoms with Crippen LogP contribution < -0.4 is 32.7 Å². The summed E-state index contributed by atoms with van der Waals surface area (Å²) in [5.41, 5.74) is 12.2. The maximum atomic E-state index is 14.5. The number of carbonyl (C=O) groups excluding carboxylic acids is 7. The summed E-state index contributed by atoms with van der Waals surface area (Å²) in [5, 5.41) is 14.9. The van der Waals surface area contributed by atoms with Crippen molar-refractivity contribution in [1.29, 1.82) is 0 Å². The quantitative estimate of drug-likeness (QED) is 0.0624. The first kappa shape index (κ1) is 46.3. The van der Waals surface area contributed by atoms with Crippen LogP contribution in [0.3, 0.4) is 0 Å². The minimum absolute atomic E-state index is 0.0125. The smallest absolute Gasteiger partial charge is 0.370 e. The number of phosphoric acid groups is 1. The van der Waals surface area contributed by atoms with Gasteiger partial charge < -0.3 is 47.4 Å². The molecule has 18 nitrogen and oxygen atoms in total. The second-order valence-electron chi connectivity index (χ2n) is 15.0. The second-order valence-corrected chi connectivity index (χ2v) is 17.1. The molecule has 1 aliphatic rings. The number of nitrogens with zero attached hydrogens (tertiary/aromatic N) is 1. The second kappa shape index (κ2) is 20.7. The van der Waals surface area contributed by atoms with E-state index in [0.29, 0.717) is 18.4 Å². The largest absolute Gasteiger partial charge is 0.469 e. The number of nitrogens with one attached hydrogen (secondary N) is 4. The molecule has 10 N–H and O–H groups in total. The van der Waals surface area contributed by atoms with Crippen molar-refractivity contribution in [2.45, 2.75) is 95.1 Å². The van der Waals surface area contributed by atoms with Crippen LogP contribution in [0.4, 0.5) is 0 Å². The molecule has 0 bridgehead atoms. The molecule has 1 saturated heterocycles. The van der Waals surface area contributed by atoms with E-state index in [9.17, 15) is 47.9 Å². The first-order valence-electron chi connectivity index (χ1n) is 19.6. The van der Waals surface area contributed by atoms with Crippen molar-refractivity contribution >= 4 is 81.4 Å². The van der Waals surface area contributed by atoms with Gasteiger partial charge in [-0.25, -0.2) is 4.57 Å². The number of piperidine rings is 1. The van der Waals surface area contributed by atoms with E-state index < -0.39 is 85.5 Å². The Bertz CT molecular complexity index is 2330. The van der Waals surface area contributed by atoms with Crippen molar-refractivity contribution in [2.75, 3.05) is 6.54 Å². The first-order valence-corrected chi connectivity index (χ1v) is 22.0. The van der Waals surface area contributed by atoms with Gasteiger partial charge >= 0.3 is 7.82 Å². The van der Waals surface area contributed by atoms with E-state index in [1.807, 2.05) is 66.0 Å². The van der Waals surface area contributed by atoms with Crippen LogP contribution >= 0.6 is 19.2 Å². The molecule has 6 unspecified atom stereocenters. The zero-order valence-corrected chi connectivity index (χ0v) is 35.3. The summed E-state index contributed by atoms with van der Waals surface area (Å²) >= 11 is 1.44. The lowest BCUT2D eigenvalue weighted by Gasteiger charge is -2.39. The highest BCUT2D eigenvalue weighted by atomic mass is 32.1. The summed E-state index contributed by atoms with van der Waals surface area (Å²) in [6.07, 6.45) is -1.13. The number of hydrogen-bond acceptors (Lipinski definition) is 10. The average molecular weight is 880 g/mol. The van der Waals surface area contributed by atoms with Crippen LogP contribution in [0.1, 0.15) is 57.1 Å². The number of amides is 7. The molecule has 4 aromatic rings. The Morgan fingerprint density at radius 3 is 2.21 bits per heavy atom. The number of thiophene rings is 1. The van der Waals surface area contributed by atoms with Crippen LogP contribution in [0.5, 0.6) is 0 Å². The van der Waals surface area contributed by atoms with Gasteiger partial charge in [-0.2, -0.15) is 0 Å². The number of primary amides is 2. The minimum atomic E-state index is -5.23. The Morgan fingerprint density at radius 2 is 1.52 bits per heavy atom. The van der Waals surface area contributed by atoms with Crippen LogP contribution in [0.2, 0.25) is 0 Å². The van der Waals surface area contributed by atoms with Gasteiger partial charge in [0.2, 0.25) is 41.4 Å². The number of phosphoric ester groups is 1. The summed E-state index contributed by atoms with van der Waals surface area (Å²) < 4.78 is 17.9. The molecule has 0 aliphatic carbocycles. The highest BCUT2D eigenvalue weighted by Gasteiger charge is 2.42. The molecule has 0 spiro atoms. The maximum absolute atomic E-state index is 14.5. The molecule has 3 aromatic carbocycles. The summed E-state index contributed by atoms with van der Waals surface area (Å²) in [6.45, 7) is 2.38. The number of likely N-dealkylation sites (tertiary alicyclic amines) is 1. The van der Waals surface area contributed by atoms with Crippen molar-refractivity contribution in [3.05, 3.63) is 83.2 Å². The van der Waals surface area contributed by atoms with Crippen LogP contribution in [0.25, 0.3) is 20.9 Å². The van der Waals surface area contributed by atoms with Gasteiger partial charge in [-0.05, 0) is 71.3 Å². The maximum Gasteiger partial charge on any atom is 0.469 e. The van der Waals surface area contributed by atoms with Crippen molar-refractivity contribution < 1.29 is 52.4 Å². The Labute approximate surface area is 355 Å². The molecule has 20 heteroatoms. The Balaban J connectivity index is 1.42. The van der Waals surface area contributed by atoms with E-state index in [-0.39, 0.29) is 38.6 Å². The van der Waals surface area contributed by atoms with Gasteiger partial charge in [0.15, 0.2) is 0 Å². The van der Waals surface area contributed by atoms with Crippen molar-refractivity contribution in [1.82, 2.24) is 26.2 Å². The lowest BCUT2D eigenvalue weighted by Crippen LogP contribution is -2.63. The minimum Gasteiger partial charge on any atom is -0.370 e. The molecular formula is C41H50N7O11PS. The molecule has 0 radical (unpaired) electrons. The third-order valence-corrected chi connectivity index (χ3v) is 12.0. The van der Waals surface area contributed by atoms with Gasteiger partial charge in [-0.3, -0.25) is 38.1 Å². The Kier molecular flexibility index (Phi) is 15.7. The van der Waals surface area contributed by atoms with E-state index >= 15 is 0 Å². The first-order chi connectivity index (χ1) is 28.9. The average Bonchev–Trinajstić information content (AvgIpc) is 3.61. The molecular weight excluding hydrogens is 830 g/mol. The molecule has 7 amide bonds. The van der Waals surface area contributed by atoms with E-state index in [4.69, 9.17) is 16.0 Å². The summed E-state index contributed by atoms with van der Waals surface area (Å²) in [5.74, 6) is -5.54. The Morgan fingerprint density at radius 1 is 0.852 bits per heavy atom. The number of nitrogens with two attached hydrogens (primary N) is 2. The standard InChI is InChI=1S/C41H50N7O11PS/c1-23(59-60(56,57)58)36(47-39(53)32(44-24(2)49)21-28-22-61-34-13-6-5-11-29(28)34)41(55)48-18-8-7-12-33(48)40(54)46-31(38(52)45-30(37(43)51)16-17-35(42)50)20-25-14-15-26-9-3-4-10-27(26)19-25/h3-6,9-11,13-15,19,22-23,30-33,36H,7-8,12,16-18,20-21H2,1-2H3,(H2,42,50)(H2,43,51)(H,44,49)(H,45,52)(H,46,54)(H,47,53)(H2,56,57,58). The topological polar surface area (TPSA) is 290 Å². The van der Waals surface area contributed by atoms with Crippen LogP contribution in [0.15, 0.2) is 72.1 Å². The lowest BCUT2D eigenvalue weighted by atomic mass is 9.97. The molecule has 6 atom stereocenters. The third-order valence-electron chi connectivity index (χ3n) is 10.3. The van der Waals surface area contributed by atoms with Crippen molar-refractivity contribution in [3.8, 4) is 0 Å². The molecule has 1 fully saturated rings. The zero-order chi connectivity index (χ0) is 44.4.